The molecule has 5 nitrogen and oxygen atoms in total. The van der Waals surface area contributed by atoms with E-state index in [0.717, 1.165) is 93.2 Å². The summed E-state index contributed by atoms with van der Waals surface area (Å²) in [6.07, 6.45) is 0. The number of furan rings is 2. The van der Waals surface area contributed by atoms with Crippen molar-refractivity contribution < 1.29 is 8.83 Å². The van der Waals surface area contributed by atoms with Crippen molar-refractivity contribution in [3.63, 3.8) is 0 Å². The van der Waals surface area contributed by atoms with Gasteiger partial charge in [-0.15, -0.1) is 0 Å². The van der Waals surface area contributed by atoms with Crippen LogP contribution < -0.4 is 0 Å². The van der Waals surface area contributed by atoms with Gasteiger partial charge < -0.3 is 8.83 Å². The molecule has 0 amide bonds. The van der Waals surface area contributed by atoms with E-state index in [2.05, 4.69) is 115 Å². The molecule has 0 N–H and O–H groups in total. The molecule has 242 valence electrons. The van der Waals surface area contributed by atoms with Gasteiger partial charge in [-0.3, -0.25) is 0 Å². The van der Waals surface area contributed by atoms with E-state index in [1.807, 2.05) is 48.5 Å². The Morgan fingerprint density at radius 2 is 0.827 bits per heavy atom. The molecule has 0 aliphatic rings. The van der Waals surface area contributed by atoms with Crippen LogP contribution in [0.15, 0.2) is 173 Å². The Balaban J connectivity index is 1.20. The molecule has 3 aromatic heterocycles. The second kappa shape index (κ2) is 11.2. The molecule has 0 aliphatic heterocycles. The summed E-state index contributed by atoms with van der Waals surface area (Å²) in [5, 5.41) is 8.71. The first-order valence-electron chi connectivity index (χ1n) is 17.3. The topological polar surface area (TPSA) is 65.0 Å². The summed E-state index contributed by atoms with van der Waals surface area (Å²) in [7, 11) is 0. The molecule has 0 unspecified atom stereocenters. The monoisotopic (exact) mass is 665 g/mol. The highest BCUT2D eigenvalue weighted by atomic mass is 16.3. The van der Waals surface area contributed by atoms with E-state index in [9.17, 15) is 0 Å². The van der Waals surface area contributed by atoms with E-state index >= 15 is 0 Å². The van der Waals surface area contributed by atoms with Gasteiger partial charge in [0, 0.05) is 38.2 Å². The molecule has 0 spiro atoms. The number of hydrogen-bond acceptors (Lipinski definition) is 5. The van der Waals surface area contributed by atoms with Crippen LogP contribution in [-0.4, -0.2) is 15.0 Å². The van der Waals surface area contributed by atoms with Crippen molar-refractivity contribution in [1.82, 2.24) is 15.0 Å². The molecule has 0 fully saturated rings. The van der Waals surface area contributed by atoms with Crippen molar-refractivity contribution >= 4 is 65.4 Å². The van der Waals surface area contributed by atoms with E-state index in [1.54, 1.807) is 0 Å². The van der Waals surface area contributed by atoms with E-state index in [-0.39, 0.29) is 0 Å². The molecule has 0 radical (unpaired) electrons. The lowest BCUT2D eigenvalue weighted by molar-refractivity contribution is 0.668. The number of para-hydroxylation sites is 2. The van der Waals surface area contributed by atoms with Crippen molar-refractivity contribution in [2.75, 3.05) is 0 Å². The van der Waals surface area contributed by atoms with Crippen LogP contribution in [0.5, 0.6) is 0 Å². The predicted molar refractivity (Wildman–Crippen MR) is 211 cm³/mol. The third-order valence-electron chi connectivity index (χ3n) is 10.1. The van der Waals surface area contributed by atoms with Crippen molar-refractivity contribution in [2.45, 2.75) is 0 Å². The lowest BCUT2D eigenvalue weighted by Crippen LogP contribution is -2.01. The predicted octanol–water partition coefficient (Wildman–Crippen LogP) is 12.6. The van der Waals surface area contributed by atoms with Gasteiger partial charge in [-0.1, -0.05) is 121 Å². The number of nitrogens with zero attached hydrogens (tertiary/aromatic N) is 3. The Hall–Kier alpha value is -7.11. The van der Waals surface area contributed by atoms with Gasteiger partial charge in [0.2, 0.25) is 0 Å². The quantitative estimate of drug-likeness (QED) is 0.187. The molecule has 0 saturated carbocycles. The summed E-state index contributed by atoms with van der Waals surface area (Å²) in [6.45, 7) is 0. The highest BCUT2D eigenvalue weighted by molar-refractivity contribution is 6.16. The van der Waals surface area contributed by atoms with Crippen LogP contribution in [0, 0.1) is 0 Å². The largest absolute Gasteiger partial charge is 0.456 e. The lowest BCUT2D eigenvalue weighted by atomic mass is 9.92. The van der Waals surface area contributed by atoms with Crippen molar-refractivity contribution in [1.29, 1.82) is 0 Å². The Labute approximate surface area is 297 Å². The van der Waals surface area contributed by atoms with Crippen LogP contribution in [-0.2, 0) is 0 Å². The van der Waals surface area contributed by atoms with Gasteiger partial charge in [0.25, 0.3) is 0 Å². The van der Waals surface area contributed by atoms with Crippen LogP contribution in [0.25, 0.3) is 111 Å². The summed E-state index contributed by atoms with van der Waals surface area (Å²) < 4.78 is 12.6. The first-order chi connectivity index (χ1) is 25.7. The smallest absolute Gasteiger partial charge is 0.164 e. The maximum absolute atomic E-state index is 6.32. The average molecular weight is 666 g/mol. The number of fused-ring (bicyclic) bond motifs is 8. The molecule has 0 bridgehead atoms. The van der Waals surface area contributed by atoms with Gasteiger partial charge in [0.05, 0.1) is 0 Å². The van der Waals surface area contributed by atoms with Gasteiger partial charge in [0.15, 0.2) is 17.5 Å². The van der Waals surface area contributed by atoms with Crippen molar-refractivity contribution in [3.05, 3.63) is 164 Å². The zero-order chi connectivity index (χ0) is 34.2. The molecular formula is C47H27N3O2. The normalized spacial score (nSPS) is 11.8. The maximum atomic E-state index is 6.32. The number of benzene rings is 8. The fraction of sp³-hybridized carbons (Fsp3) is 0. The third-order valence-corrected chi connectivity index (χ3v) is 10.1. The molecule has 0 saturated heterocycles. The summed E-state index contributed by atoms with van der Waals surface area (Å²) in [6, 6.07) is 56.3. The molecule has 52 heavy (non-hydrogen) atoms. The summed E-state index contributed by atoms with van der Waals surface area (Å²) in [5.74, 6) is 1.78. The average Bonchev–Trinajstić information content (AvgIpc) is 3.79. The number of rotatable bonds is 4. The SMILES string of the molecule is c1ccc2cc(-c3nc(-c4cc(-c5cccc6oc7ccccc7c56)c5ccccc5c4)nc(-c4cccc5oc6ccccc6c45)n3)ccc2c1. The minimum absolute atomic E-state index is 0.586. The van der Waals surface area contributed by atoms with Crippen LogP contribution in [0.2, 0.25) is 0 Å². The van der Waals surface area contributed by atoms with Crippen LogP contribution in [0.3, 0.4) is 0 Å². The van der Waals surface area contributed by atoms with E-state index in [1.165, 1.54) is 0 Å². The number of hydrogen-bond donors (Lipinski definition) is 0. The Bertz CT molecular complexity index is 3210. The van der Waals surface area contributed by atoms with Gasteiger partial charge in [-0.25, -0.2) is 15.0 Å². The molecule has 5 heteroatoms. The molecule has 11 aromatic rings. The van der Waals surface area contributed by atoms with E-state index in [0.29, 0.717) is 17.5 Å². The number of aromatic nitrogens is 3. The van der Waals surface area contributed by atoms with E-state index < -0.39 is 0 Å². The minimum Gasteiger partial charge on any atom is -0.456 e. The molecular weight excluding hydrogens is 639 g/mol. The minimum atomic E-state index is 0.586. The Morgan fingerprint density at radius 3 is 1.56 bits per heavy atom. The first-order valence-corrected chi connectivity index (χ1v) is 17.3. The standard InChI is InChI=1S/C47H27N3O2/c1-2-12-29-25-31(24-23-28(29)11-1)45-48-46(50-47(49-45)37-18-10-22-42-44(37)36-16-6-8-20-40(36)52-42)32-26-30-13-3-4-14-33(30)38(27-32)34-17-9-21-41-43(34)35-15-5-7-19-39(35)51-41/h1-27H. The molecule has 8 aromatic carbocycles. The first kappa shape index (κ1) is 28.7. The highest BCUT2D eigenvalue weighted by Crippen LogP contribution is 2.42. The Morgan fingerprint density at radius 1 is 0.308 bits per heavy atom. The van der Waals surface area contributed by atoms with Crippen LogP contribution in [0.4, 0.5) is 0 Å². The second-order valence-electron chi connectivity index (χ2n) is 13.2. The van der Waals surface area contributed by atoms with Crippen molar-refractivity contribution in [2.24, 2.45) is 0 Å². The lowest BCUT2D eigenvalue weighted by Gasteiger charge is -2.13. The maximum Gasteiger partial charge on any atom is 0.164 e. The fourth-order valence-electron chi connectivity index (χ4n) is 7.71. The van der Waals surface area contributed by atoms with E-state index in [4.69, 9.17) is 23.8 Å². The van der Waals surface area contributed by atoms with Gasteiger partial charge >= 0.3 is 0 Å². The summed E-state index contributed by atoms with van der Waals surface area (Å²) in [4.78, 5) is 15.7. The van der Waals surface area contributed by atoms with Gasteiger partial charge in [0.1, 0.15) is 22.3 Å². The Kier molecular flexibility index (Phi) is 6.18. The third kappa shape index (κ3) is 4.46. The second-order valence-corrected chi connectivity index (χ2v) is 13.2. The van der Waals surface area contributed by atoms with Crippen LogP contribution >= 0.6 is 0 Å². The van der Waals surface area contributed by atoms with Crippen LogP contribution in [0.1, 0.15) is 0 Å². The van der Waals surface area contributed by atoms with Gasteiger partial charge in [-0.2, -0.15) is 0 Å². The molecule has 0 atom stereocenters. The molecule has 0 aliphatic carbocycles. The molecule has 11 rings (SSSR count). The van der Waals surface area contributed by atoms with Crippen molar-refractivity contribution in [3.8, 4) is 45.3 Å². The zero-order valence-corrected chi connectivity index (χ0v) is 27.7. The fourth-order valence-corrected chi connectivity index (χ4v) is 7.71. The van der Waals surface area contributed by atoms with Gasteiger partial charge in [-0.05, 0) is 75.1 Å². The summed E-state index contributed by atoms with van der Waals surface area (Å²) in [5.41, 5.74) is 8.24. The highest BCUT2D eigenvalue weighted by Gasteiger charge is 2.20. The summed E-state index contributed by atoms with van der Waals surface area (Å²) >= 11 is 0. The molecule has 3 heterocycles. The zero-order valence-electron chi connectivity index (χ0n) is 27.7.